The van der Waals surface area contributed by atoms with Gasteiger partial charge in [-0.1, -0.05) is 132 Å². The highest BCUT2D eigenvalue weighted by molar-refractivity contribution is 7.45. The number of rotatable bonds is 15. The van der Waals surface area contributed by atoms with Gasteiger partial charge in [0.2, 0.25) is 0 Å². The molecule has 5 aromatic carbocycles. The van der Waals surface area contributed by atoms with E-state index in [2.05, 4.69) is 89.0 Å². The average molecular weight is 870 g/mol. The molecule has 0 radical (unpaired) electrons. The van der Waals surface area contributed by atoms with Gasteiger partial charge in [-0.2, -0.15) is 0 Å². The van der Waals surface area contributed by atoms with E-state index in [0.29, 0.717) is 11.5 Å². The van der Waals surface area contributed by atoms with Crippen molar-refractivity contribution in [2.75, 3.05) is 27.4 Å². The molecular formula is C49H52N3O8PSi. The lowest BCUT2D eigenvalue weighted by molar-refractivity contribution is -0.0925. The smallest absolute Gasteiger partial charge is 0.330 e. The van der Waals surface area contributed by atoms with Gasteiger partial charge in [0.25, 0.3) is 14.1 Å². The van der Waals surface area contributed by atoms with Crippen LogP contribution in [0.4, 0.5) is 0 Å². The SMILES string of the molecule is COc1ccc(C(OC[C@H]2O[C@@H](n3c(=O)cc[nH]c3=O)C[C@@H]2O[P@@]2O[C@H](C[Si](C)(c3ccccc3)c3ccccc3)[C@@H]3CCCN32)(c2ccccc2)c2ccc(OC)cc2)cc1. The van der Waals surface area contributed by atoms with Gasteiger partial charge in [0.05, 0.1) is 33.0 Å². The number of methoxy groups -OCH3 is 2. The van der Waals surface area contributed by atoms with Crippen LogP contribution in [-0.2, 0) is 24.1 Å². The second kappa shape index (κ2) is 18.3. The highest BCUT2D eigenvalue weighted by Crippen LogP contribution is 2.59. The van der Waals surface area contributed by atoms with Crippen LogP contribution in [0.1, 0.15) is 42.2 Å². The van der Waals surface area contributed by atoms with Gasteiger partial charge in [-0.3, -0.25) is 4.79 Å². The summed E-state index contributed by atoms with van der Waals surface area (Å²) in [4.78, 5) is 29.2. The summed E-state index contributed by atoms with van der Waals surface area (Å²) in [5, 5.41) is 2.74. The largest absolute Gasteiger partial charge is 0.497 e. The topological polar surface area (TPSA) is 113 Å². The normalized spacial score (nSPS) is 22.7. The van der Waals surface area contributed by atoms with Crippen molar-refractivity contribution < 1.29 is 28.0 Å². The molecule has 320 valence electrons. The van der Waals surface area contributed by atoms with Gasteiger partial charge in [0.15, 0.2) is 0 Å². The summed E-state index contributed by atoms with van der Waals surface area (Å²) in [6.07, 6.45) is 1.48. The summed E-state index contributed by atoms with van der Waals surface area (Å²) in [7, 11) is -0.488. The Kier molecular flexibility index (Phi) is 12.4. The first kappa shape index (κ1) is 42.1. The van der Waals surface area contributed by atoms with Crippen LogP contribution < -0.4 is 31.1 Å². The zero-order chi connectivity index (χ0) is 42.7. The highest BCUT2D eigenvalue weighted by atomic mass is 31.2. The van der Waals surface area contributed by atoms with Crippen molar-refractivity contribution in [3.8, 4) is 11.5 Å². The van der Waals surface area contributed by atoms with Crippen molar-refractivity contribution in [2.24, 2.45) is 0 Å². The van der Waals surface area contributed by atoms with Crippen molar-refractivity contribution >= 4 is 27.0 Å². The molecule has 6 atom stereocenters. The molecule has 13 heteroatoms. The van der Waals surface area contributed by atoms with Crippen LogP contribution in [-0.4, -0.2) is 74.0 Å². The van der Waals surface area contributed by atoms with Crippen LogP contribution in [0, 0.1) is 0 Å². The molecule has 3 aliphatic rings. The molecule has 11 nitrogen and oxygen atoms in total. The third kappa shape index (κ3) is 8.12. The van der Waals surface area contributed by atoms with Crippen molar-refractivity contribution in [1.29, 1.82) is 0 Å². The predicted octanol–water partition coefficient (Wildman–Crippen LogP) is 7.22. The van der Waals surface area contributed by atoms with E-state index in [9.17, 15) is 9.59 Å². The van der Waals surface area contributed by atoms with Gasteiger partial charge >= 0.3 is 5.69 Å². The highest BCUT2D eigenvalue weighted by Gasteiger charge is 2.52. The lowest BCUT2D eigenvalue weighted by Gasteiger charge is -2.37. The number of aromatic amines is 1. The number of hydrogen-bond donors (Lipinski definition) is 1. The van der Waals surface area contributed by atoms with Gasteiger partial charge in [-0.25, -0.2) is 14.0 Å². The average Bonchev–Trinajstić information content (AvgIpc) is 4.05. The number of nitrogens with zero attached hydrogens (tertiary/aromatic N) is 2. The molecule has 0 saturated carbocycles. The van der Waals surface area contributed by atoms with Crippen LogP contribution in [0.5, 0.6) is 11.5 Å². The number of fused-ring (bicyclic) bond motifs is 1. The minimum atomic E-state index is -2.26. The zero-order valence-corrected chi connectivity index (χ0v) is 37.1. The third-order valence-corrected chi connectivity index (χ3v) is 19.0. The molecule has 0 spiro atoms. The number of H-pyrrole nitrogens is 1. The number of aromatic nitrogens is 2. The summed E-state index contributed by atoms with van der Waals surface area (Å²) in [5.74, 6) is 1.43. The van der Waals surface area contributed by atoms with Crippen molar-refractivity contribution in [3.63, 3.8) is 0 Å². The van der Waals surface area contributed by atoms with Crippen LogP contribution >= 0.6 is 8.53 Å². The molecule has 3 saturated heterocycles. The van der Waals surface area contributed by atoms with Crippen LogP contribution in [0.25, 0.3) is 0 Å². The maximum absolute atomic E-state index is 13.3. The third-order valence-electron chi connectivity index (χ3n) is 12.8. The molecule has 9 rings (SSSR count). The van der Waals surface area contributed by atoms with E-state index in [-0.39, 0.29) is 25.2 Å². The van der Waals surface area contributed by atoms with Gasteiger partial charge < -0.3 is 33.0 Å². The summed E-state index contributed by atoms with van der Waals surface area (Å²) in [5.41, 5.74) is 0.500. The fourth-order valence-corrected chi connectivity index (χ4v) is 15.5. The van der Waals surface area contributed by atoms with Crippen molar-refractivity contribution in [2.45, 2.75) is 68.0 Å². The van der Waals surface area contributed by atoms with E-state index in [0.717, 1.165) is 46.7 Å². The summed E-state index contributed by atoms with van der Waals surface area (Å²) < 4.78 is 43.0. The van der Waals surface area contributed by atoms with Crippen LogP contribution in [0.2, 0.25) is 12.6 Å². The van der Waals surface area contributed by atoms with Gasteiger partial charge in [-0.05, 0) is 59.8 Å². The predicted molar refractivity (Wildman–Crippen MR) is 243 cm³/mol. The van der Waals surface area contributed by atoms with Gasteiger partial charge in [-0.15, -0.1) is 0 Å². The minimum Gasteiger partial charge on any atom is -0.497 e. The van der Waals surface area contributed by atoms with Crippen molar-refractivity contribution in [1.82, 2.24) is 14.2 Å². The molecule has 1 N–H and O–H groups in total. The van der Waals surface area contributed by atoms with E-state index in [4.69, 9.17) is 28.0 Å². The first-order valence-corrected chi connectivity index (χ1v) is 25.1. The van der Waals surface area contributed by atoms with Gasteiger partial charge in [0.1, 0.15) is 37.5 Å². The maximum Gasteiger partial charge on any atom is 0.330 e. The molecule has 62 heavy (non-hydrogen) atoms. The lowest BCUT2D eigenvalue weighted by atomic mass is 9.80. The molecule has 3 fully saturated rings. The Hall–Kier alpha value is -5.17. The molecule has 0 amide bonds. The summed E-state index contributed by atoms with van der Waals surface area (Å²) in [6, 6.07) is 50.0. The molecule has 3 aliphatic heterocycles. The second-order valence-electron chi connectivity index (χ2n) is 16.3. The van der Waals surface area contributed by atoms with Gasteiger partial charge in [0, 0.05) is 31.3 Å². The fraction of sp³-hybridized carbons (Fsp3) is 0.306. The molecular weight excluding hydrogens is 818 g/mol. The maximum atomic E-state index is 13.3. The first-order valence-electron chi connectivity index (χ1n) is 21.3. The van der Waals surface area contributed by atoms with E-state index >= 15 is 0 Å². The molecule has 0 unspecified atom stereocenters. The Labute approximate surface area is 364 Å². The number of ether oxygens (including phenoxy) is 4. The molecule has 0 aliphatic carbocycles. The number of benzene rings is 5. The van der Waals surface area contributed by atoms with E-state index in [1.165, 1.54) is 22.6 Å². The minimum absolute atomic E-state index is 0.0380. The fourth-order valence-electron chi connectivity index (χ4n) is 9.50. The first-order chi connectivity index (χ1) is 30.3. The summed E-state index contributed by atoms with van der Waals surface area (Å²) in [6.45, 7) is 3.37. The Balaban J connectivity index is 1.06. The second-order valence-corrected chi connectivity index (χ2v) is 22.0. The van der Waals surface area contributed by atoms with Crippen LogP contribution in [0.15, 0.2) is 161 Å². The summed E-state index contributed by atoms with van der Waals surface area (Å²) >= 11 is 0. The molecule has 4 heterocycles. The van der Waals surface area contributed by atoms with E-state index < -0.39 is 51.9 Å². The Bertz CT molecular complexity index is 2410. The van der Waals surface area contributed by atoms with E-state index in [1.54, 1.807) is 14.2 Å². The van der Waals surface area contributed by atoms with E-state index in [1.807, 2.05) is 66.7 Å². The standard InChI is InChI=1S/C49H52N3O8PSi/c1-55-38-25-21-36(22-26-38)49(35-14-7-4-8-15-35,37-23-27-39(56-2)28-24-37)57-33-44-43(32-47(58-44)52-46(53)29-30-50-48(52)54)59-61-51-31-13-20-42(51)45(60-61)34-62(3,40-16-9-5-10-17-40)41-18-11-6-12-19-41/h4-12,14-19,21-30,42-45,47H,13,20,31-34H2,1-3H3,(H,50,54)/t42-,43-,44+,45+,47+,61-/m0/s1. The molecule has 0 bridgehead atoms. The molecule has 1 aromatic heterocycles. The Morgan fingerprint density at radius 3 is 1.87 bits per heavy atom. The monoisotopic (exact) mass is 869 g/mol. The zero-order valence-electron chi connectivity index (χ0n) is 35.2. The quantitative estimate of drug-likeness (QED) is 0.0650. The lowest BCUT2D eigenvalue weighted by Crippen LogP contribution is -2.58. The van der Waals surface area contributed by atoms with Crippen LogP contribution in [0.3, 0.4) is 0 Å². The number of hydrogen-bond acceptors (Lipinski definition) is 9. The number of nitrogens with one attached hydrogen (secondary N) is 1. The molecule has 6 aromatic rings. The Morgan fingerprint density at radius 2 is 1.31 bits per heavy atom. The Morgan fingerprint density at radius 1 is 0.742 bits per heavy atom. The van der Waals surface area contributed by atoms with Crippen molar-refractivity contribution in [3.05, 3.63) is 189 Å².